The van der Waals surface area contributed by atoms with Crippen LogP contribution in [0.3, 0.4) is 0 Å². The Morgan fingerprint density at radius 2 is 2.04 bits per heavy atom. The van der Waals surface area contributed by atoms with Crippen LogP contribution >= 0.6 is 11.8 Å². The Kier molecular flexibility index (Phi) is 7.05. The highest BCUT2D eigenvalue weighted by Crippen LogP contribution is 2.22. The summed E-state index contributed by atoms with van der Waals surface area (Å²) in [6, 6.07) is 0.201. The first-order valence-electron chi connectivity index (χ1n) is 7.74. The second-order valence-electron chi connectivity index (χ2n) is 5.88. The summed E-state index contributed by atoms with van der Waals surface area (Å²) < 4.78 is 48.6. The first kappa shape index (κ1) is 18.9. The summed E-state index contributed by atoms with van der Waals surface area (Å²) in [7, 11) is -4.47. The molecule has 0 aromatic heterocycles. The van der Waals surface area contributed by atoms with E-state index in [1.54, 1.807) is 0 Å². The summed E-state index contributed by atoms with van der Waals surface area (Å²) in [4.78, 5) is 11.9. The zero-order valence-electron chi connectivity index (χ0n) is 12.8. The van der Waals surface area contributed by atoms with Crippen LogP contribution in [-0.2, 0) is 14.8 Å². The van der Waals surface area contributed by atoms with E-state index < -0.39 is 15.8 Å². The maximum absolute atomic E-state index is 12.5. The molecule has 1 unspecified atom stereocenters. The van der Waals surface area contributed by atoms with E-state index in [0.717, 1.165) is 22.4 Å². The van der Waals surface area contributed by atoms with Crippen molar-refractivity contribution in [3.05, 3.63) is 0 Å². The fourth-order valence-corrected chi connectivity index (χ4v) is 4.68. The molecule has 0 aromatic rings. The van der Waals surface area contributed by atoms with Gasteiger partial charge < -0.3 is 10.6 Å². The summed E-state index contributed by atoms with van der Waals surface area (Å²) >= 11 is 1.83. The maximum Gasteiger partial charge on any atom is 0.350 e. The van der Waals surface area contributed by atoms with Crippen LogP contribution in [0, 0.1) is 5.92 Å². The van der Waals surface area contributed by atoms with Crippen molar-refractivity contribution >= 4 is 27.7 Å². The standard InChI is InChI=1S/C13H23F2N3O3S2/c14-13(15)23(20,21)18-4-1-10(2-5-18)8-17-12(19)7-11-9-22-6-3-16-11/h10-11,13,16H,1-9H2,(H,17,19). The fraction of sp³-hybridized carbons (Fsp3) is 0.923. The predicted molar refractivity (Wildman–Crippen MR) is 86.0 cm³/mol. The van der Waals surface area contributed by atoms with Gasteiger partial charge in [-0.3, -0.25) is 4.79 Å². The molecule has 0 aliphatic carbocycles. The number of hydrogen-bond acceptors (Lipinski definition) is 5. The van der Waals surface area contributed by atoms with E-state index in [0.29, 0.717) is 25.8 Å². The zero-order chi connectivity index (χ0) is 16.9. The number of thioether (sulfide) groups is 1. The van der Waals surface area contributed by atoms with E-state index in [1.165, 1.54) is 0 Å². The van der Waals surface area contributed by atoms with Gasteiger partial charge in [0.05, 0.1) is 0 Å². The lowest BCUT2D eigenvalue weighted by molar-refractivity contribution is -0.121. The van der Waals surface area contributed by atoms with E-state index in [2.05, 4.69) is 10.6 Å². The van der Waals surface area contributed by atoms with Gasteiger partial charge in [-0.1, -0.05) is 0 Å². The number of alkyl halides is 2. The first-order chi connectivity index (χ1) is 10.9. The smallest absolute Gasteiger partial charge is 0.350 e. The van der Waals surface area contributed by atoms with Crippen molar-refractivity contribution in [1.29, 1.82) is 0 Å². The highest BCUT2D eigenvalue weighted by atomic mass is 32.2. The largest absolute Gasteiger partial charge is 0.356 e. The quantitative estimate of drug-likeness (QED) is 0.709. The molecule has 2 aliphatic rings. The zero-order valence-corrected chi connectivity index (χ0v) is 14.5. The van der Waals surface area contributed by atoms with Gasteiger partial charge in [0.2, 0.25) is 5.91 Å². The van der Waals surface area contributed by atoms with E-state index in [9.17, 15) is 22.0 Å². The Balaban J connectivity index is 1.67. The Morgan fingerprint density at radius 3 is 2.61 bits per heavy atom. The molecule has 2 rings (SSSR count). The van der Waals surface area contributed by atoms with Crippen LogP contribution in [0.4, 0.5) is 8.78 Å². The minimum atomic E-state index is -4.47. The molecule has 1 amide bonds. The summed E-state index contributed by atoms with van der Waals surface area (Å²) in [5.74, 6) is -1.25. The van der Waals surface area contributed by atoms with E-state index in [1.807, 2.05) is 11.8 Å². The lowest BCUT2D eigenvalue weighted by Crippen LogP contribution is -2.45. The molecule has 2 N–H and O–H groups in total. The van der Waals surface area contributed by atoms with Crippen LogP contribution in [0.15, 0.2) is 0 Å². The van der Waals surface area contributed by atoms with Crippen molar-refractivity contribution in [3.63, 3.8) is 0 Å². The topological polar surface area (TPSA) is 78.5 Å². The van der Waals surface area contributed by atoms with Gasteiger partial charge in [0.1, 0.15) is 0 Å². The van der Waals surface area contributed by atoms with Crippen LogP contribution in [-0.4, -0.2) is 68.1 Å². The minimum absolute atomic E-state index is 0.0207. The number of nitrogens with one attached hydrogen (secondary N) is 2. The Morgan fingerprint density at radius 1 is 1.35 bits per heavy atom. The minimum Gasteiger partial charge on any atom is -0.356 e. The molecule has 10 heteroatoms. The van der Waals surface area contributed by atoms with Gasteiger partial charge in [0, 0.05) is 50.1 Å². The molecule has 0 radical (unpaired) electrons. The molecule has 0 aromatic carbocycles. The Labute approximate surface area is 139 Å². The lowest BCUT2D eigenvalue weighted by atomic mass is 9.98. The number of sulfonamides is 1. The Hall–Kier alpha value is -0.450. The molecule has 23 heavy (non-hydrogen) atoms. The van der Waals surface area contributed by atoms with Gasteiger partial charge in [0.15, 0.2) is 0 Å². The van der Waals surface area contributed by atoms with Crippen molar-refractivity contribution in [1.82, 2.24) is 14.9 Å². The molecule has 6 nitrogen and oxygen atoms in total. The van der Waals surface area contributed by atoms with Crippen LogP contribution in [0.1, 0.15) is 19.3 Å². The van der Waals surface area contributed by atoms with E-state index in [-0.39, 0.29) is 31.0 Å². The van der Waals surface area contributed by atoms with Gasteiger partial charge in [-0.25, -0.2) is 8.42 Å². The molecule has 0 spiro atoms. The second-order valence-corrected chi connectivity index (χ2v) is 8.93. The number of carbonyl (C=O) groups excluding carboxylic acids is 1. The van der Waals surface area contributed by atoms with Gasteiger partial charge >= 0.3 is 5.76 Å². The van der Waals surface area contributed by atoms with Crippen molar-refractivity contribution in [2.24, 2.45) is 5.92 Å². The van der Waals surface area contributed by atoms with Gasteiger partial charge in [0.25, 0.3) is 10.0 Å². The van der Waals surface area contributed by atoms with Gasteiger partial charge in [-0.05, 0) is 18.8 Å². The van der Waals surface area contributed by atoms with Crippen molar-refractivity contribution in [2.75, 3.05) is 37.7 Å². The molecule has 2 heterocycles. The number of halogens is 2. The number of amides is 1. The average Bonchev–Trinajstić information content (AvgIpc) is 2.54. The van der Waals surface area contributed by atoms with Crippen LogP contribution < -0.4 is 10.6 Å². The summed E-state index contributed by atoms with van der Waals surface area (Å²) in [6.45, 7) is 1.57. The second kappa shape index (κ2) is 8.59. The molecule has 2 saturated heterocycles. The monoisotopic (exact) mass is 371 g/mol. The summed E-state index contributed by atoms with van der Waals surface area (Å²) in [5, 5.41) is 6.17. The summed E-state index contributed by atoms with van der Waals surface area (Å²) in [5.41, 5.74) is 0. The van der Waals surface area contributed by atoms with Crippen molar-refractivity contribution in [3.8, 4) is 0 Å². The van der Waals surface area contributed by atoms with Gasteiger partial charge in [-0.15, -0.1) is 0 Å². The number of rotatable bonds is 6. The van der Waals surface area contributed by atoms with Crippen LogP contribution in [0.25, 0.3) is 0 Å². The average molecular weight is 371 g/mol. The highest BCUT2D eigenvalue weighted by Gasteiger charge is 2.34. The Bertz CT molecular complexity index is 491. The molecule has 0 saturated carbocycles. The molecule has 2 aliphatic heterocycles. The molecule has 0 bridgehead atoms. The normalized spacial score (nSPS) is 24.7. The third-order valence-electron chi connectivity index (χ3n) is 4.18. The third-order valence-corrected chi connectivity index (χ3v) is 6.84. The van der Waals surface area contributed by atoms with E-state index >= 15 is 0 Å². The SMILES string of the molecule is O=C(CC1CSCCN1)NCC1CCN(S(=O)(=O)C(F)F)CC1. The highest BCUT2D eigenvalue weighted by molar-refractivity contribution is 7.99. The molecular weight excluding hydrogens is 348 g/mol. The predicted octanol–water partition coefficient (Wildman–Crippen LogP) is 0.462. The van der Waals surface area contributed by atoms with E-state index in [4.69, 9.17) is 0 Å². The summed E-state index contributed by atoms with van der Waals surface area (Å²) in [6.07, 6.45) is 1.42. The van der Waals surface area contributed by atoms with Crippen molar-refractivity contribution in [2.45, 2.75) is 31.1 Å². The number of hydrogen-bond donors (Lipinski definition) is 2. The number of nitrogens with zero attached hydrogens (tertiary/aromatic N) is 1. The lowest BCUT2D eigenvalue weighted by Gasteiger charge is -2.31. The van der Waals surface area contributed by atoms with Gasteiger partial charge in [-0.2, -0.15) is 24.8 Å². The fourth-order valence-electron chi connectivity index (χ4n) is 2.79. The maximum atomic E-state index is 12.5. The van der Waals surface area contributed by atoms with Crippen LogP contribution in [0.2, 0.25) is 0 Å². The number of piperidine rings is 1. The molecule has 134 valence electrons. The van der Waals surface area contributed by atoms with Crippen LogP contribution in [0.5, 0.6) is 0 Å². The molecule has 2 fully saturated rings. The van der Waals surface area contributed by atoms with Crippen molar-refractivity contribution < 1.29 is 22.0 Å². The number of carbonyl (C=O) groups is 1. The third kappa shape index (κ3) is 5.54. The molecule has 1 atom stereocenters. The molecular formula is C13H23F2N3O3S2. The first-order valence-corrected chi connectivity index (χ1v) is 10.4.